The van der Waals surface area contributed by atoms with Crippen molar-refractivity contribution in [2.45, 2.75) is 37.4 Å². The second-order valence-electron chi connectivity index (χ2n) is 9.20. The minimum absolute atomic E-state index is 0.109. The standard InChI is InChI=1S/C26H32N4O4S/c1-19-15-30(20(2)18-31)35(32,33)26-9-8-22(23-7-5-11-28-14-23)12-24(26)34-25(19)17-29(3)16-21-6-4-10-27-13-21/h4-14,19-20,25,31H,15-18H2,1-3H3/t19-,20+,25+/m1/s1. The van der Waals surface area contributed by atoms with Crippen LogP contribution in [0.4, 0.5) is 0 Å². The van der Waals surface area contributed by atoms with Gasteiger partial charge >= 0.3 is 0 Å². The first kappa shape index (κ1) is 25.2. The smallest absolute Gasteiger partial charge is 0.247 e. The lowest BCUT2D eigenvalue weighted by atomic mass is 10.0. The van der Waals surface area contributed by atoms with E-state index in [1.54, 1.807) is 43.7 Å². The first-order valence-corrected chi connectivity index (χ1v) is 13.1. The molecule has 0 saturated heterocycles. The topological polar surface area (TPSA) is 95.9 Å². The molecule has 2 aromatic heterocycles. The van der Waals surface area contributed by atoms with Gasteiger partial charge in [0, 0.05) is 61.9 Å². The van der Waals surface area contributed by atoms with E-state index in [2.05, 4.69) is 14.9 Å². The normalized spacial score (nSPS) is 20.9. The van der Waals surface area contributed by atoms with Crippen LogP contribution < -0.4 is 4.74 Å². The summed E-state index contributed by atoms with van der Waals surface area (Å²) < 4.78 is 35.2. The van der Waals surface area contributed by atoms with Crippen molar-refractivity contribution >= 4 is 10.0 Å². The van der Waals surface area contributed by atoms with Gasteiger partial charge in [-0.1, -0.05) is 25.1 Å². The molecule has 0 saturated carbocycles. The molecule has 3 heterocycles. The fourth-order valence-corrected chi connectivity index (χ4v) is 6.16. The molecule has 35 heavy (non-hydrogen) atoms. The van der Waals surface area contributed by atoms with Gasteiger partial charge in [0.25, 0.3) is 0 Å². The molecule has 0 bridgehead atoms. The van der Waals surface area contributed by atoms with Crippen molar-refractivity contribution in [2.75, 3.05) is 26.7 Å². The summed E-state index contributed by atoms with van der Waals surface area (Å²) in [6.45, 7) is 4.98. The molecular formula is C26H32N4O4S. The van der Waals surface area contributed by atoms with Crippen molar-refractivity contribution in [1.82, 2.24) is 19.2 Å². The summed E-state index contributed by atoms with van der Waals surface area (Å²) in [5, 5.41) is 9.83. The Bertz CT molecular complexity index is 1220. The zero-order valence-corrected chi connectivity index (χ0v) is 21.1. The summed E-state index contributed by atoms with van der Waals surface area (Å²) in [4.78, 5) is 10.6. The van der Waals surface area contributed by atoms with Gasteiger partial charge in [0.15, 0.2) is 0 Å². The molecule has 1 aromatic carbocycles. The van der Waals surface area contributed by atoms with E-state index in [0.717, 1.165) is 16.7 Å². The van der Waals surface area contributed by atoms with E-state index in [4.69, 9.17) is 4.74 Å². The van der Waals surface area contributed by atoms with E-state index >= 15 is 0 Å². The van der Waals surface area contributed by atoms with Crippen LogP contribution in [0.25, 0.3) is 11.1 Å². The Morgan fingerprint density at radius 3 is 2.54 bits per heavy atom. The van der Waals surface area contributed by atoms with Crippen LogP contribution in [0.5, 0.6) is 5.75 Å². The monoisotopic (exact) mass is 496 g/mol. The molecule has 0 fully saturated rings. The third kappa shape index (κ3) is 5.70. The number of aliphatic hydroxyl groups is 1. The lowest BCUT2D eigenvalue weighted by molar-refractivity contribution is 0.0734. The van der Waals surface area contributed by atoms with E-state index in [9.17, 15) is 13.5 Å². The van der Waals surface area contributed by atoms with Crippen LogP contribution in [-0.4, -0.2) is 71.6 Å². The lowest BCUT2D eigenvalue weighted by Crippen LogP contribution is -2.49. The maximum absolute atomic E-state index is 13.6. The van der Waals surface area contributed by atoms with Crippen LogP contribution >= 0.6 is 0 Å². The molecule has 0 radical (unpaired) electrons. The fourth-order valence-electron chi connectivity index (χ4n) is 4.33. The van der Waals surface area contributed by atoms with Gasteiger partial charge in [-0.05, 0) is 49.4 Å². The highest BCUT2D eigenvalue weighted by Crippen LogP contribution is 2.36. The minimum atomic E-state index is -3.88. The van der Waals surface area contributed by atoms with Gasteiger partial charge in [0.1, 0.15) is 16.7 Å². The van der Waals surface area contributed by atoms with E-state index in [0.29, 0.717) is 18.8 Å². The quantitative estimate of drug-likeness (QED) is 0.537. The Kier molecular flexibility index (Phi) is 7.81. The molecular weight excluding hydrogens is 464 g/mol. The van der Waals surface area contributed by atoms with Gasteiger partial charge in [-0.15, -0.1) is 0 Å². The van der Waals surface area contributed by atoms with E-state index < -0.39 is 16.1 Å². The average molecular weight is 497 g/mol. The summed E-state index contributed by atoms with van der Waals surface area (Å²) in [5.41, 5.74) is 2.78. The number of hydrogen-bond acceptors (Lipinski definition) is 7. The third-order valence-corrected chi connectivity index (χ3v) is 8.35. The molecule has 9 heteroatoms. The van der Waals surface area contributed by atoms with Crippen molar-refractivity contribution in [3.05, 3.63) is 72.8 Å². The van der Waals surface area contributed by atoms with Crippen molar-refractivity contribution in [2.24, 2.45) is 5.92 Å². The number of hydrogen-bond donors (Lipinski definition) is 1. The maximum Gasteiger partial charge on any atom is 0.247 e. The van der Waals surface area contributed by atoms with E-state index in [1.807, 2.05) is 44.4 Å². The van der Waals surface area contributed by atoms with E-state index in [1.165, 1.54) is 4.31 Å². The Hall–Kier alpha value is -2.85. The molecule has 1 aliphatic rings. The number of pyridine rings is 2. The molecule has 8 nitrogen and oxygen atoms in total. The van der Waals surface area contributed by atoms with Gasteiger partial charge in [0.2, 0.25) is 10.0 Å². The number of aromatic nitrogens is 2. The molecule has 1 aliphatic heterocycles. The number of sulfonamides is 1. The van der Waals surface area contributed by atoms with Crippen molar-refractivity contribution < 1.29 is 18.3 Å². The Labute approximate surface area is 207 Å². The second kappa shape index (κ2) is 10.8. The van der Waals surface area contributed by atoms with Gasteiger partial charge < -0.3 is 9.84 Å². The molecule has 0 unspecified atom stereocenters. The fraction of sp³-hybridized carbons (Fsp3) is 0.385. The minimum Gasteiger partial charge on any atom is -0.487 e. The molecule has 186 valence electrons. The number of likely N-dealkylation sites (N-methyl/N-ethyl adjacent to an activating group) is 1. The third-order valence-electron chi connectivity index (χ3n) is 6.33. The highest BCUT2D eigenvalue weighted by atomic mass is 32.2. The predicted molar refractivity (Wildman–Crippen MR) is 134 cm³/mol. The predicted octanol–water partition coefficient (Wildman–Crippen LogP) is 3.04. The lowest BCUT2D eigenvalue weighted by Gasteiger charge is -2.37. The zero-order valence-electron chi connectivity index (χ0n) is 20.3. The number of nitrogens with zero attached hydrogens (tertiary/aromatic N) is 4. The van der Waals surface area contributed by atoms with Crippen LogP contribution in [0.15, 0.2) is 72.1 Å². The number of ether oxygens (including phenoxy) is 1. The summed E-state index contributed by atoms with van der Waals surface area (Å²) in [6, 6.07) is 12.3. The summed E-state index contributed by atoms with van der Waals surface area (Å²) in [7, 11) is -1.86. The molecule has 0 spiro atoms. The van der Waals surface area contributed by atoms with Crippen LogP contribution in [0, 0.1) is 5.92 Å². The van der Waals surface area contributed by atoms with Crippen LogP contribution in [0.3, 0.4) is 0 Å². The molecule has 0 amide bonds. The Morgan fingerprint density at radius 1 is 1.14 bits per heavy atom. The van der Waals surface area contributed by atoms with Gasteiger partial charge in [0.05, 0.1) is 6.61 Å². The van der Waals surface area contributed by atoms with Gasteiger partial charge in [-0.3, -0.25) is 14.9 Å². The highest BCUT2D eigenvalue weighted by molar-refractivity contribution is 7.89. The number of fused-ring (bicyclic) bond motifs is 1. The summed E-state index contributed by atoms with van der Waals surface area (Å²) >= 11 is 0. The summed E-state index contributed by atoms with van der Waals surface area (Å²) in [5.74, 6) is 0.193. The van der Waals surface area contributed by atoms with Crippen molar-refractivity contribution in [1.29, 1.82) is 0 Å². The van der Waals surface area contributed by atoms with Gasteiger partial charge in [-0.2, -0.15) is 4.31 Å². The molecule has 3 atom stereocenters. The number of aliphatic hydroxyl groups excluding tert-OH is 1. The molecule has 1 N–H and O–H groups in total. The first-order valence-electron chi connectivity index (χ1n) is 11.7. The van der Waals surface area contributed by atoms with Crippen LogP contribution in [0.1, 0.15) is 19.4 Å². The highest BCUT2D eigenvalue weighted by Gasteiger charge is 2.38. The largest absolute Gasteiger partial charge is 0.487 e. The Morgan fingerprint density at radius 2 is 1.89 bits per heavy atom. The first-order chi connectivity index (χ1) is 16.8. The molecule has 0 aliphatic carbocycles. The Balaban J connectivity index is 1.72. The van der Waals surface area contributed by atoms with Crippen LogP contribution in [0.2, 0.25) is 0 Å². The second-order valence-corrected chi connectivity index (χ2v) is 11.1. The molecule has 4 rings (SSSR count). The summed E-state index contributed by atoms with van der Waals surface area (Å²) in [6.07, 6.45) is 6.75. The van der Waals surface area contributed by atoms with Crippen LogP contribution in [-0.2, 0) is 16.6 Å². The van der Waals surface area contributed by atoms with Gasteiger partial charge in [-0.25, -0.2) is 8.42 Å². The number of benzene rings is 1. The van der Waals surface area contributed by atoms with E-state index in [-0.39, 0.29) is 30.1 Å². The SMILES string of the molecule is C[C@@H]1CN([C@@H](C)CO)S(=O)(=O)c2ccc(-c3cccnc3)cc2O[C@H]1CN(C)Cc1cccnc1. The zero-order chi connectivity index (χ0) is 25.0. The van der Waals surface area contributed by atoms with Crippen molar-refractivity contribution in [3.63, 3.8) is 0 Å². The average Bonchev–Trinajstić information content (AvgIpc) is 2.86. The number of rotatable bonds is 7. The van der Waals surface area contributed by atoms with Crippen molar-refractivity contribution in [3.8, 4) is 16.9 Å². The molecule has 3 aromatic rings. The maximum atomic E-state index is 13.6.